The van der Waals surface area contributed by atoms with Crippen LogP contribution in [0, 0.1) is 17.5 Å². The molecule has 16 heavy (non-hydrogen) atoms. The zero-order chi connectivity index (χ0) is 11.3. The Labute approximate surface area is 88.1 Å². The van der Waals surface area contributed by atoms with Crippen molar-refractivity contribution in [3.63, 3.8) is 0 Å². The lowest BCUT2D eigenvalue weighted by Crippen LogP contribution is -1.87. The van der Waals surface area contributed by atoms with E-state index in [4.69, 9.17) is 4.42 Å². The molecule has 0 unspecified atom stereocenters. The van der Waals surface area contributed by atoms with Crippen LogP contribution in [0.3, 0.4) is 0 Å². The highest BCUT2D eigenvalue weighted by Crippen LogP contribution is 2.33. The Hall–Kier alpha value is -1.97. The number of fused-ring (bicyclic) bond motifs is 3. The van der Waals surface area contributed by atoms with E-state index in [-0.39, 0.29) is 11.0 Å². The molecular weight excluding hydrogens is 217 g/mol. The van der Waals surface area contributed by atoms with Crippen molar-refractivity contribution in [2.75, 3.05) is 0 Å². The second-order valence-corrected chi connectivity index (χ2v) is 3.46. The van der Waals surface area contributed by atoms with E-state index in [1.165, 1.54) is 0 Å². The van der Waals surface area contributed by atoms with Gasteiger partial charge in [0.15, 0.2) is 23.0 Å². The van der Waals surface area contributed by atoms with Gasteiger partial charge in [-0.2, -0.15) is 0 Å². The second-order valence-electron chi connectivity index (χ2n) is 3.46. The van der Waals surface area contributed by atoms with Crippen LogP contribution in [-0.2, 0) is 0 Å². The van der Waals surface area contributed by atoms with Gasteiger partial charge >= 0.3 is 0 Å². The first-order valence-electron chi connectivity index (χ1n) is 4.63. The molecular formula is C12H5F3O. The van der Waals surface area contributed by atoms with Crippen molar-refractivity contribution >= 4 is 21.9 Å². The van der Waals surface area contributed by atoms with Crippen molar-refractivity contribution in [2.45, 2.75) is 0 Å². The molecule has 0 saturated carbocycles. The summed E-state index contributed by atoms with van der Waals surface area (Å²) in [5.41, 5.74) is 0.0843. The highest BCUT2D eigenvalue weighted by atomic mass is 19.2. The topological polar surface area (TPSA) is 13.1 Å². The zero-order valence-electron chi connectivity index (χ0n) is 7.93. The number of benzene rings is 2. The van der Waals surface area contributed by atoms with Gasteiger partial charge in [0.25, 0.3) is 0 Å². The summed E-state index contributed by atoms with van der Waals surface area (Å²) in [6, 6.07) is 6.95. The third-order valence-corrected chi connectivity index (χ3v) is 2.50. The van der Waals surface area contributed by atoms with Crippen LogP contribution < -0.4 is 0 Å². The summed E-state index contributed by atoms with van der Waals surface area (Å²) < 4.78 is 45.1. The van der Waals surface area contributed by atoms with Gasteiger partial charge in [-0.1, -0.05) is 18.2 Å². The SMILES string of the molecule is Fc1cc(F)c2oc3ccccc3c2c1F. The maximum Gasteiger partial charge on any atom is 0.174 e. The van der Waals surface area contributed by atoms with Gasteiger partial charge in [0, 0.05) is 11.5 Å². The fourth-order valence-electron chi connectivity index (χ4n) is 1.79. The lowest BCUT2D eigenvalue weighted by Gasteiger charge is -1.95. The molecule has 80 valence electrons. The van der Waals surface area contributed by atoms with Crippen LogP contribution in [0.5, 0.6) is 0 Å². The molecule has 0 aliphatic carbocycles. The minimum absolute atomic E-state index is 0.145. The molecule has 0 radical (unpaired) electrons. The van der Waals surface area contributed by atoms with Gasteiger partial charge in [0.1, 0.15) is 5.58 Å². The highest BCUT2D eigenvalue weighted by molar-refractivity contribution is 6.05. The molecule has 0 aliphatic rings. The van der Waals surface area contributed by atoms with E-state index in [2.05, 4.69) is 0 Å². The van der Waals surface area contributed by atoms with Gasteiger partial charge in [0.2, 0.25) is 0 Å². The maximum absolute atomic E-state index is 13.5. The summed E-state index contributed by atoms with van der Waals surface area (Å²) in [6.07, 6.45) is 0. The molecule has 0 atom stereocenters. The van der Waals surface area contributed by atoms with Gasteiger partial charge in [-0.15, -0.1) is 0 Å². The summed E-state index contributed by atoms with van der Waals surface area (Å²) in [6.45, 7) is 0. The average Bonchev–Trinajstić information content (AvgIpc) is 2.66. The molecule has 1 aromatic heterocycles. The lowest BCUT2D eigenvalue weighted by atomic mass is 10.1. The predicted octanol–water partition coefficient (Wildman–Crippen LogP) is 4.00. The Morgan fingerprint density at radius 1 is 0.938 bits per heavy atom. The van der Waals surface area contributed by atoms with Crippen LogP contribution in [0.15, 0.2) is 34.7 Å². The van der Waals surface area contributed by atoms with Crippen molar-refractivity contribution in [1.29, 1.82) is 0 Å². The second kappa shape index (κ2) is 3.01. The molecule has 1 heterocycles. The first kappa shape index (κ1) is 9.27. The number of rotatable bonds is 0. The molecule has 0 N–H and O–H groups in total. The van der Waals surface area contributed by atoms with Crippen molar-refractivity contribution in [3.8, 4) is 0 Å². The monoisotopic (exact) mass is 222 g/mol. The predicted molar refractivity (Wildman–Crippen MR) is 53.6 cm³/mol. The van der Waals surface area contributed by atoms with Crippen LogP contribution in [-0.4, -0.2) is 0 Å². The summed E-state index contributed by atoms with van der Waals surface area (Å²) in [5, 5.41) is 0.224. The van der Waals surface area contributed by atoms with E-state index >= 15 is 0 Å². The largest absolute Gasteiger partial charge is 0.453 e. The molecule has 3 rings (SSSR count). The third-order valence-electron chi connectivity index (χ3n) is 2.50. The fourth-order valence-corrected chi connectivity index (χ4v) is 1.79. The van der Waals surface area contributed by atoms with Gasteiger partial charge in [-0.05, 0) is 6.07 Å². The standard InChI is InChI=1S/C12H5F3O/c13-7-5-8(14)12-10(11(7)15)6-3-1-2-4-9(6)16-12/h1-5H. The molecule has 0 bridgehead atoms. The number of hydrogen-bond donors (Lipinski definition) is 0. The van der Waals surface area contributed by atoms with Crippen LogP contribution in [0.1, 0.15) is 0 Å². The van der Waals surface area contributed by atoms with E-state index in [0.29, 0.717) is 17.0 Å². The average molecular weight is 222 g/mol. The van der Waals surface area contributed by atoms with Crippen LogP contribution in [0.25, 0.3) is 21.9 Å². The van der Waals surface area contributed by atoms with Crippen molar-refractivity contribution in [2.24, 2.45) is 0 Å². The molecule has 0 aliphatic heterocycles. The fraction of sp³-hybridized carbons (Fsp3) is 0. The molecule has 3 aromatic rings. The van der Waals surface area contributed by atoms with Crippen LogP contribution in [0.2, 0.25) is 0 Å². The first-order valence-corrected chi connectivity index (χ1v) is 4.63. The lowest BCUT2D eigenvalue weighted by molar-refractivity contribution is 0.499. The van der Waals surface area contributed by atoms with E-state index < -0.39 is 17.5 Å². The van der Waals surface area contributed by atoms with Crippen LogP contribution >= 0.6 is 0 Å². The quantitative estimate of drug-likeness (QED) is 0.524. The summed E-state index contributed by atoms with van der Waals surface area (Å²) in [7, 11) is 0. The van der Waals surface area contributed by atoms with Crippen molar-refractivity contribution < 1.29 is 17.6 Å². The Morgan fingerprint density at radius 3 is 2.50 bits per heavy atom. The number of halogens is 3. The maximum atomic E-state index is 13.5. The van der Waals surface area contributed by atoms with Gasteiger partial charge in [-0.25, -0.2) is 13.2 Å². The van der Waals surface area contributed by atoms with Crippen molar-refractivity contribution in [1.82, 2.24) is 0 Å². The number of furan rings is 1. The molecule has 0 amide bonds. The summed E-state index contributed by atoms with van der Waals surface area (Å²) in [4.78, 5) is 0. The minimum atomic E-state index is -1.21. The smallest absolute Gasteiger partial charge is 0.174 e. The van der Waals surface area contributed by atoms with E-state index in [9.17, 15) is 13.2 Å². The third kappa shape index (κ3) is 1.07. The molecule has 1 nitrogen and oxygen atoms in total. The molecule has 0 fully saturated rings. The van der Waals surface area contributed by atoms with Gasteiger partial charge < -0.3 is 4.42 Å². The van der Waals surface area contributed by atoms with E-state index in [1.807, 2.05) is 0 Å². The molecule has 4 heteroatoms. The van der Waals surface area contributed by atoms with Crippen molar-refractivity contribution in [3.05, 3.63) is 47.8 Å². The van der Waals surface area contributed by atoms with E-state index in [1.54, 1.807) is 24.3 Å². The first-order chi connectivity index (χ1) is 7.68. The van der Waals surface area contributed by atoms with E-state index in [0.717, 1.165) is 0 Å². The van der Waals surface area contributed by atoms with Gasteiger partial charge in [0.05, 0.1) is 5.39 Å². The molecule has 0 saturated heterocycles. The van der Waals surface area contributed by atoms with Crippen LogP contribution in [0.4, 0.5) is 13.2 Å². The minimum Gasteiger partial charge on any atom is -0.453 e. The molecule has 0 spiro atoms. The summed E-state index contributed by atoms with van der Waals surface area (Å²) >= 11 is 0. The normalized spacial score (nSPS) is 11.4. The number of para-hydroxylation sites is 1. The Kier molecular flexibility index (Phi) is 1.74. The summed E-state index contributed by atoms with van der Waals surface area (Å²) in [5.74, 6) is -3.19. The molecule has 2 aromatic carbocycles. The Balaban J connectivity index is 2.66. The zero-order valence-corrected chi connectivity index (χ0v) is 7.93. The number of hydrogen-bond acceptors (Lipinski definition) is 1. The van der Waals surface area contributed by atoms with Gasteiger partial charge in [-0.3, -0.25) is 0 Å². The Morgan fingerprint density at radius 2 is 1.69 bits per heavy atom. The Bertz CT molecular complexity index is 700. The highest BCUT2D eigenvalue weighted by Gasteiger charge is 2.18.